The first-order valence-corrected chi connectivity index (χ1v) is 3.36. The second-order valence-corrected chi connectivity index (χ2v) is 2.19. The Balaban J connectivity index is 2.80. The number of aliphatic hydroxyl groups excluding tert-OH is 1. The molecule has 0 amide bonds. The van der Waals surface area contributed by atoms with Gasteiger partial charge in [0.05, 0.1) is 6.61 Å². The number of rotatable bonds is 2. The fourth-order valence-corrected chi connectivity index (χ4v) is 0.815. The van der Waals surface area contributed by atoms with Crippen molar-refractivity contribution in [2.24, 2.45) is 0 Å². The van der Waals surface area contributed by atoms with Crippen molar-refractivity contribution in [2.75, 3.05) is 0 Å². The molecular weight excluding hydrogens is 124 g/mol. The minimum atomic E-state index is 0.129. The highest BCUT2D eigenvalue weighted by molar-refractivity contribution is 5.26. The molecule has 0 aliphatic rings. The molecule has 1 aromatic rings. The zero-order valence-electron chi connectivity index (χ0n) is 6.04. The van der Waals surface area contributed by atoms with Crippen LogP contribution in [0.3, 0.4) is 0 Å². The van der Waals surface area contributed by atoms with Crippen LogP contribution < -0.4 is 0 Å². The average Bonchev–Trinajstić information content (AvgIpc) is 2.05. The van der Waals surface area contributed by atoms with E-state index in [0.29, 0.717) is 0 Å². The SMILES string of the molecule is C[CH]c1ccc(CO)cc1. The van der Waals surface area contributed by atoms with Gasteiger partial charge >= 0.3 is 0 Å². The minimum Gasteiger partial charge on any atom is -0.392 e. The lowest BCUT2D eigenvalue weighted by Crippen LogP contribution is -1.82. The molecule has 1 N–H and O–H groups in total. The topological polar surface area (TPSA) is 20.2 Å². The molecule has 1 radical (unpaired) electrons. The molecule has 0 unspecified atom stereocenters. The summed E-state index contributed by atoms with van der Waals surface area (Å²) >= 11 is 0. The van der Waals surface area contributed by atoms with E-state index in [1.165, 1.54) is 5.56 Å². The van der Waals surface area contributed by atoms with Crippen molar-refractivity contribution in [1.29, 1.82) is 0 Å². The van der Waals surface area contributed by atoms with E-state index in [9.17, 15) is 0 Å². The summed E-state index contributed by atoms with van der Waals surface area (Å²) in [4.78, 5) is 0. The van der Waals surface area contributed by atoms with Crippen LogP contribution in [0.1, 0.15) is 18.1 Å². The lowest BCUT2D eigenvalue weighted by molar-refractivity contribution is 0.282. The highest BCUT2D eigenvalue weighted by Gasteiger charge is 1.89. The fourth-order valence-electron chi connectivity index (χ4n) is 0.815. The molecule has 1 rings (SSSR count). The summed E-state index contributed by atoms with van der Waals surface area (Å²) in [6, 6.07) is 7.84. The van der Waals surface area contributed by atoms with Gasteiger partial charge in [-0.15, -0.1) is 0 Å². The fraction of sp³-hybridized carbons (Fsp3) is 0.222. The predicted octanol–water partition coefficient (Wildman–Crippen LogP) is 1.75. The van der Waals surface area contributed by atoms with Gasteiger partial charge < -0.3 is 5.11 Å². The Morgan fingerprint density at radius 1 is 1.30 bits per heavy atom. The maximum atomic E-state index is 8.69. The van der Waals surface area contributed by atoms with Gasteiger partial charge in [0.15, 0.2) is 0 Å². The molecule has 0 fully saturated rings. The van der Waals surface area contributed by atoms with Gasteiger partial charge in [0, 0.05) is 0 Å². The van der Waals surface area contributed by atoms with Gasteiger partial charge in [-0.2, -0.15) is 0 Å². The van der Waals surface area contributed by atoms with E-state index in [1.54, 1.807) is 0 Å². The Hall–Kier alpha value is -0.820. The van der Waals surface area contributed by atoms with Crippen LogP contribution in [0.25, 0.3) is 0 Å². The van der Waals surface area contributed by atoms with E-state index in [2.05, 4.69) is 0 Å². The Bertz CT molecular complexity index is 165. The number of hydrogen-bond donors (Lipinski definition) is 1. The highest BCUT2D eigenvalue weighted by Crippen LogP contribution is 2.05. The van der Waals surface area contributed by atoms with Crippen molar-refractivity contribution < 1.29 is 5.11 Å². The molecule has 1 nitrogen and oxygen atoms in total. The van der Waals surface area contributed by atoms with E-state index in [0.717, 1.165) is 5.56 Å². The maximum Gasteiger partial charge on any atom is 0.0681 e. The van der Waals surface area contributed by atoms with Gasteiger partial charge in [0.2, 0.25) is 0 Å². The largest absolute Gasteiger partial charge is 0.392 e. The average molecular weight is 135 g/mol. The lowest BCUT2D eigenvalue weighted by Gasteiger charge is -1.96. The molecule has 0 aliphatic carbocycles. The van der Waals surface area contributed by atoms with Crippen LogP contribution in [0.4, 0.5) is 0 Å². The van der Waals surface area contributed by atoms with Crippen LogP contribution >= 0.6 is 0 Å². The first-order chi connectivity index (χ1) is 4.86. The van der Waals surface area contributed by atoms with E-state index >= 15 is 0 Å². The Labute approximate surface area is 61.3 Å². The molecule has 10 heavy (non-hydrogen) atoms. The quantitative estimate of drug-likeness (QED) is 0.655. The normalized spacial score (nSPS) is 9.80. The van der Waals surface area contributed by atoms with Crippen molar-refractivity contribution in [3.8, 4) is 0 Å². The third kappa shape index (κ3) is 1.58. The molecule has 1 aromatic carbocycles. The molecule has 1 heteroatoms. The monoisotopic (exact) mass is 135 g/mol. The van der Waals surface area contributed by atoms with Gasteiger partial charge in [-0.25, -0.2) is 0 Å². The second-order valence-electron chi connectivity index (χ2n) is 2.19. The molecule has 0 spiro atoms. The van der Waals surface area contributed by atoms with Crippen LogP contribution in [0.2, 0.25) is 0 Å². The molecule has 0 saturated carbocycles. The van der Waals surface area contributed by atoms with E-state index in [-0.39, 0.29) is 6.61 Å². The standard InChI is InChI=1S/C9H11O/c1-2-8-3-5-9(7-10)6-4-8/h2-6,10H,7H2,1H3. The van der Waals surface area contributed by atoms with E-state index in [1.807, 2.05) is 37.6 Å². The first-order valence-electron chi connectivity index (χ1n) is 3.36. The van der Waals surface area contributed by atoms with Crippen molar-refractivity contribution in [2.45, 2.75) is 13.5 Å². The van der Waals surface area contributed by atoms with E-state index < -0.39 is 0 Å². The third-order valence-corrected chi connectivity index (χ3v) is 1.50. The Morgan fingerprint density at radius 3 is 2.30 bits per heavy atom. The van der Waals surface area contributed by atoms with Crippen LogP contribution in [-0.4, -0.2) is 5.11 Å². The summed E-state index contributed by atoms with van der Waals surface area (Å²) in [6.45, 7) is 2.12. The zero-order chi connectivity index (χ0) is 7.40. The molecule has 0 heterocycles. The van der Waals surface area contributed by atoms with Crippen molar-refractivity contribution in [3.63, 3.8) is 0 Å². The molecule has 0 atom stereocenters. The van der Waals surface area contributed by atoms with Crippen LogP contribution in [-0.2, 0) is 6.61 Å². The highest BCUT2D eigenvalue weighted by atomic mass is 16.3. The molecule has 0 aromatic heterocycles. The third-order valence-electron chi connectivity index (χ3n) is 1.50. The van der Waals surface area contributed by atoms with E-state index in [4.69, 9.17) is 5.11 Å². The lowest BCUT2D eigenvalue weighted by atomic mass is 10.1. The van der Waals surface area contributed by atoms with Gasteiger partial charge in [-0.05, 0) is 17.5 Å². The zero-order valence-corrected chi connectivity index (χ0v) is 6.04. The molecule has 0 bridgehead atoms. The summed E-state index contributed by atoms with van der Waals surface area (Å²) in [5, 5.41) is 8.69. The summed E-state index contributed by atoms with van der Waals surface area (Å²) in [7, 11) is 0. The summed E-state index contributed by atoms with van der Waals surface area (Å²) < 4.78 is 0. The van der Waals surface area contributed by atoms with Crippen molar-refractivity contribution in [3.05, 3.63) is 41.8 Å². The van der Waals surface area contributed by atoms with Crippen molar-refractivity contribution in [1.82, 2.24) is 0 Å². The van der Waals surface area contributed by atoms with Crippen LogP contribution in [0.15, 0.2) is 24.3 Å². The second kappa shape index (κ2) is 3.37. The summed E-state index contributed by atoms with van der Waals surface area (Å²) in [5.41, 5.74) is 2.16. The Kier molecular flexibility index (Phi) is 2.46. The number of hydrogen-bond acceptors (Lipinski definition) is 1. The minimum absolute atomic E-state index is 0.129. The van der Waals surface area contributed by atoms with Gasteiger partial charge in [0.25, 0.3) is 0 Å². The van der Waals surface area contributed by atoms with Crippen molar-refractivity contribution >= 4 is 0 Å². The summed E-state index contributed by atoms with van der Waals surface area (Å²) in [5.74, 6) is 0. The number of benzene rings is 1. The predicted molar refractivity (Wildman–Crippen MR) is 41.4 cm³/mol. The molecule has 53 valence electrons. The number of aliphatic hydroxyl groups is 1. The van der Waals surface area contributed by atoms with Crippen LogP contribution in [0, 0.1) is 6.42 Å². The van der Waals surface area contributed by atoms with Gasteiger partial charge in [-0.1, -0.05) is 31.2 Å². The smallest absolute Gasteiger partial charge is 0.0681 e. The van der Waals surface area contributed by atoms with Gasteiger partial charge in [-0.3, -0.25) is 0 Å². The maximum absolute atomic E-state index is 8.69. The van der Waals surface area contributed by atoms with Gasteiger partial charge in [0.1, 0.15) is 0 Å². The first kappa shape index (κ1) is 7.29. The Morgan fingerprint density at radius 2 is 1.90 bits per heavy atom. The van der Waals surface area contributed by atoms with Crippen LogP contribution in [0.5, 0.6) is 0 Å². The molecular formula is C9H11O. The molecule has 0 aliphatic heterocycles. The summed E-state index contributed by atoms with van der Waals surface area (Å²) in [6.07, 6.45) is 2.03. The molecule has 0 saturated heterocycles.